The molecule has 0 bridgehead atoms. The number of nitrogens with zero attached hydrogens (tertiary/aromatic N) is 6. The van der Waals surface area contributed by atoms with Crippen molar-refractivity contribution in [3.8, 4) is 17.3 Å². The van der Waals surface area contributed by atoms with E-state index in [4.69, 9.17) is 17.3 Å². The van der Waals surface area contributed by atoms with Crippen molar-refractivity contribution in [1.82, 2.24) is 24.6 Å². The third-order valence-electron chi connectivity index (χ3n) is 4.43. The summed E-state index contributed by atoms with van der Waals surface area (Å²) in [5.74, 6) is 0.193. The van der Waals surface area contributed by atoms with Crippen molar-refractivity contribution >= 4 is 28.9 Å². The van der Waals surface area contributed by atoms with Gasteiger partial charge < -0.3 is 11.1 Å². The van der Waals surface area contributed by atoms with Crippen LogP contribution >= 0.6 is 11.6 Å². The molecule has 4 aromatic rings. The lowest BCUT2D eigenvalue weighted by Crippen LogP contribution is -2.10. The summed E-state index contributed by atoms with van der Waals surface area (Å²) in [7, 11) is 0. The van der Waals surface area contributed by atoms with Crippen molar-refractivity contribution in [1.29, 1.82) is 5.26 Å². The third kappa shape index (κ3) is 3.93. The molecule has 3 N–H and O–H groups in total. The first-order valence-electron chi connectivity index (χ1n) is 8.73. The summed E-state index contributed by atoms with van der Waals surface area (Å²) in [5, 5.41) is 16.8. The molecule has 0 fully saturated rings. The van der Waals surface area contributed by atoms with Crippen molar-refractivity contribution in [3.05, 3.63) is 64.7 Å². The van der Waals surface area contributed by atoms with Gasteiger partial charge in [-0.05, 0) is 18.2 Å². The molecule has 0 saturated carbocycles. The zero-order chi connectivity index (χ0) is 22.2. The lowest BCUT2D eigenvalue weighted by Gasteiger charge is -2.14. The average Bonchev–Trinajstić information content (AvgIpc) is 3.11. The molecule has 0 unspecified atom stereocenters. The van der Waals surface area contributed by atoms with Gasteiger partial charge in [-0.1, -0.05) is 23.7 Å². The van der Waals surface area contributed by atoms with Crippen LogP contribution in [0, 0.1) is 11.3 Å². The van der Waals surface area contributed by atoms with Crippen molar-refractivity contribution < 1.29 is 13.2 Å². The Hall–Kier alpha value is -3.91. The summed E-state index contributed by atoms with van der Waals surface area (Å²) in [5.41, 5.74) is 6.35. The predicted molar refractivity (Wildman–Crippen MR) is 107 cm³/mol. The second kappa shape index (κ2) is 7.73. The van der Waals surface area contributed by atoms with Gasteiger partial charge in [0.15, 0.2) is 10.8 Å². The number of benzene rings is 1. The fraction of sp³-hybridized carbons (Fsp3) is 0.105. The van der Waals surface area contributed by atoms with E-state index < -0.39 is 11.7 Å². The van der Waals surface area contributed by atoms with E-state index in [-0.39, 0.29) is 40.2 Å². The number of rotatable bonds is 4. The molecular formula is C19H12ClF3N8. The largest absolute Gasteiger partial charge is 0.416 e. The van der Waals surface area contributed by atoms with Crippen molar-refractivity contribution in [2.24, 2.45) is 0 Å². The second-order valence-electron chi connectivity index (χ2n) is 6.40. The minimum absolute atomic E-state index is 0.00622. The summed E-state index contributed by atoms with van der Waals surface area (Å²) in [6.07, 6.45) is -1.93. The number of nitrogen functional groups attached to an aromatic ring is 1. The van der Waals surface area contributed by atoms with Gasteiger partial charge in [-0.2, -0.15) is 23.5 Å². The molecular weight excluding hydrogens is 433 g/mol. The number of halogens is 4. The quantitative estimate of drug-likeness (QED) is 0.489. The number of hydrogen-bond acceptors (Lipinski definition) is 7. The van der Waals surface area contributed by atoms with Crippen LogP contribution in [0.15, 0.2) is 42.9 Å². The zero-order valence-electron chi connectivity index (χ0n) is 15.5. The topological polar surface area (TPSA) is 118 Å². The van der Waals surface area contributed by atoms with Crippen molar-refractivity contribution in [3.63, 3.8) is 0 Å². The first-order valence-corrected chi connectivity index (χ1v) is 9.11. The molecule has 0 aliphatic rings. The number of anilines is 2. The fourth-order valence-electron chi connectivity index (χ4n) is 2.97. The van der Waals surface area contributed by atoms with Crippen molar-refractivity contribution in [2.45, 2.75) is 12.7 Å². The summed E-state index contributed by atoms with van der Waals surface area (Å²) >= 11 is 6.09. The number of nitrogens with two attached hydrogens (primary N) is 1. The van der Waals surface area contributed by atoms with Crippen molar-refractivity contribution in [2.75, 3.05) is 11.1 Å². The Morgan fingerprint density at radius 2 is 2.00 bits per heavy atom. The summed E-state index contributed by atoms with van der Waals surface area (Å²) < 4.78 is 41.0. The maximum atomic E-state index is 13.2. The molecule has 3 aromatic heterocycles. The van der Waals surface area contributed by atoms with Crippen LogP contribution in [0.4, 0.5) is 24.8 Å². The van der Waals surface area contributed by atoms with E-state index in [0.29, 0.717) is 11.2 Å². The van der Waals surface area contributed by atoms with Gasteiger partial charge in [0.2, 0.25) is 0 Å². The van der Waals surface area contributed by atoms with Crippen LogP contribution in [-0.4, -0.2) is 24.6 Å². The highest BCUT2D eigenvalue weighted by Gasteiger charge is 2.30. The molecule has 12 heteroatoms. The Morgan fingerprint density at radius 3 is 2.74 bits per heavy atom. The lowest BCUT2D eigenvalue weighted by atomic mass is 10.0. The maximum absolute atomic E-state index is 13.2. The average molecular weight is 445 g/mol. The standard InChI is InChI=1S/C19H12ClF3N8/c20-14-8-26-15-5-11(7-27-18-13(6-24)17(25)28-9-29-18)16(30-31(14)15)10-2-1-3-12(4-10)19(21,22)23/h1-5,8-9H,7H2,(H3,25,27,28,29). The first-order chi connectivity index (χ1) is 14.8. The number of alkyl halides is 3. The number of hydrogen-bond donors (Lipinski definition) is 2. The molecule has 8 nitrogen and oxygen atoms in total. The van der Waals surface area contributed by atoms with E-state index in [2.05, 4.69) is 25.4 Å². The molecule has 1 aromatic carbocycles. The summed E-state index contributed by atoms with van der Waals surface area (Å²) in [6, 6.07) is 8.35. The highest BCUT2D eigenvalue weighted by atomic mass is 35.5. The third-order valence-corrected chi connectivity index (χ3v) is 4.69. The normalized spacial score (nSPS) is 11.5. The molecule has 3 heterocycles. The van der Waals surface area contributed by atoms with Crippen LogP contribution < -0.4 is 11.1 Å². The van der Waals surface area contributed by atoms with E-state index in [1.165, 1.54) is 29.2 Å². The van der Waals surface area contributed by atoms with Crippen LogP contribution in [0.2, 0.25) is 5.15 Å². The Morgan fingerprint density at radius 1 is 1.19 bits per heavy atom. The van der Waals surface area contributed by atoms with Gasteiger partial charge >= 0.3 is 6.18 Å². The highest BCUT2D eigenvalue weighted by molar-refractivity contribution is 6.29. The van der Waals surface area contributed by atoms with Crippen LogP contribution in [0.25, 0.3) is 16.9 Å². The monoisotopic (exact) mass is 444 g/mol. The first kappa shape index (κ1) is 20.4. The second-order valence-corrected chi connectivity index (χ2v) is 6.78. The Kier molecular flexibility index (Phi) is 5.08. The van der Waals surface area contributed by atoms with Gasteiger partial charge in [0.05, 0.1) is 17.5 Å². The molecule has 0 aliphatic carbocycles. The minimum Gasteiger partial charge on any atom is -0.382 e. The van der Waals surface area contributed by atoms with Crippen LogP contribution in [-0.2, 0) is 12.7 Å². The number of fused-ring (bicyclic) bond motifs is 1. The van der Waals surface area contributed by atoms with Gasteiger partial charge in [-0.15, -0.1) is 0 Å². The van der Waals surface area contributed by atoms with Crippen LogP contribution in [0.3, 0.4) is 0 Å². The number of nitriles is 1. The minimum atomic E-state index is -4.51. The Bertz CT molecular complexity index is 1330. The summed E-state index contributed by atoms with van der Waals surface area (Å²) in [6.45, 7) is 0.0741. The molecule has 0 atom stereocenters. The fourth-order valence-corrected chi connectivity index (χ4v) is 3.14. The highest BCUT2D eigenvalue weighted by Crippen LogP contribution is 2.33. The molecule has 0 aliphatic heterocycles. The maximum Gasteiger partial charge on any atom is 0.416 e. The smallest absolute Gasteiger partial charge is 0.382 e. The van der Waals surface area contributed by atoms with Gasteiger partial charge in [0.25, 0.3) is 0 Å². The summed E-state index contributed by atoms with van der Waals surface area (Å²) in [4.78, 5) is 11.9. The predicted octanol–water partition coefficient (Wildman–Crippen LogP) is 3.92. The van der Waals surface area contributed by atoms with E-state index >= 15 is 0 Å². The van der Waals surface area contributed by atoms with Gasteiger partial charge in [-0.25, -0.2) is 19.5 Å². The van der Waals surface area contributed by atoms with Gasteiger partial charge in [-0.3, -0.25) is 0 Å². The number of imidazole rings is 1. The molecule has 0 spiro atoms. The molecule has 4 rings (SSSR count). The van der Waals surface area contributed by atoms with E-state index in [0.717, 1.165) is 12.1 Å². The van der Waals surface area contributed by atoms with Gasteiger partial charge in [0.1, 0.15) is 29.6 Å². The van der Waals surface area contributed by atoms with Gasteiger partial charge in [0, 0.05) is 17.7 Å². The van der Waals surface area contributed by atoms with E-state index in [1.807, 2.05) is 6.07 Å². The van der Waals surface area contributed by atoms with Crippen LogP contribution in [0.5, 0.6) is 0 Å². The van der Waals surface area contributed by atoms with E-state index in [9.17, 15) is 18.4 Å². The zero-order valence-corrected chi connectivity index (χ0v) is 16.3. The molecule has 0 radical (unpaired) electrons. The molecule has 156 valence electrons. The number of aromatic nitrogens is 5. The van der Waals surface area contributed by atoms with Crippen LogP contribution in [0.1, 0.15) is 16.7 Å². The number of nitrogens with one attached hydrogen (secondary N) is 1. The SMILES string of the molecule is N#Cc1c(N)ncnc1NCc1cc2ncc(Cl)n2nc1-c1cccc(C(F)(F)F)c1. The molecule has 31 heavy (non-hydrogen) atoms. The Labute approximate surface area is 178 Å². The lowest BCUT2D eigenvalue weighted by molar-refractivity contribution is -0.137. The van der Waals surface area contributed by atoms with E-state index in [1.54, 1.807) is 6.07 Å². The molecule has 0 amide bonds. The molecule has 0 saturated heterocycles. The Balaban J connectivity index is 1.80.